The van der Waals surface area contributed by atoms with E-state index in [-0.39, 0.29) is 17.2 Å². The molecule has 2 rings (SSSR count). The molecule has 1 unspecified atom stereocenters. The molecule has 0 spiro atoms. The normalized spacial score (nSPS) is 17.6. The van der Waals surface area contributed by atoms with Crippen LogP contribution in [0.25, 0.3) is 0 Å². The summed E-state index contributed by atoms with van der Waals surface area (Å²) in [6.45, 7) is 8.60. The van der Waals surface area contributed by atoms with Crippen molar-refractivity contribution >= 4 is 28.5 Å². The molecule has 1 aliphatic rings. The first-order valence-corrected chi connectivity index (χ1v) is 9.71. The first kappa shape index (κ1) is 19.1. The summed E-state index contributed by atoms with van der Waals surface area (Å²) in [4.78, 5) is 22.0. The second-order valence-electron chi connectivity index (χ2n) is 7.04. The molecule has 0 radical (unpaired) electrons. The van der Waals surface area contributed by atoms with Crippen molar-refractivity contribution in [3.05, 3.63) is 16.9 Å². The van der Waals surface area contributed by atoms with Crippen LogP contribution < -0.4 is 0 Å². The van der Waals surface area contributed by atoms with E-state index in [9.17, 15) is 9.00 Å². The van der Waals surface area contributed by atoms with Gasteiger partial charge in [-0.1, -0.05) is 11.6 Å². The molecule has 24 heavy (non-hydrogen) atoms. The highest BCUT2D eigenvalue weighted by molar-refractivity contribution is 7.84. The zero-order valence-electron chi connectivity index (χ0n) is 14.5. The zero-order valence-corrected chi connectivity index (χ0v) is 16.1. The van der Waals surface area contributed by atoms with Gasteiger partial charge in [0.2, 0.25) is 5.16 Å². The highest BCUT2D eigenvalue weighted by Gasteiger charge is 2.28. The SMILES string of the molecule is Cc1cc(Cl)nc(S(=O)CC2CCN(C(=O)OC(C)(C)C)CC2)n1. The van der Waals surface area contributed by atoms with Crippen LogP contribution in [-0.2, 0) is 15.5 Å². The number of carbonyl (C=O) groups excluding carboxylic acids is 1. The number of aromatic nitrogens is 2. The zero-order chi connectivity index (χ0) is 17.9. The van der Waals surface area contributed by atoms with E-state index in [4.69, 9.17) is 16.3 Å². The second kappa shape index (κ2) is 7.78. The third kappa shape index (κ3) is 5.70. The molecule has 0 saturated carbocycles. The van der Waals surface area contributed by atoms with Gasteiger partial charge in [-0.3, -0.25) is 4.21 Å². The summed E-state index contributed by atoms with van der Waals surface area (Å²) < 4.78 is 17.8. The Balaban J connectivity index is 1.86. The molecule has 1 aromatic rings. The number of piperidine rings is 1. The highest BCUT2D eigenvalue weighted by atomic mass is 35.5. The van der Waals surface area contributed by atoms with Gasteiger partial charge >= 0.3 is 6.09 Å². The molecule has 1 aromatic heterocycles. The Morgan fingerprint density at radius 1 is 1.38 bits per heavy atom. The Morgan fingerprint density at radius 2 is 2.00 bits per heavy atom. The molecule has 8 heteroatoms. The summed E-state index contributed by atoms with van der Waals surface area (Å²) in [7, 11) is -1.28. The molecule has 1 amide bonds. The Hall–Kier alpha value is -1.21. The quantitative estimate of drug-likeness (QED) is 0.601. The van der Waals surface area contributed by atoms with Crippen molar-refractivity contribution in [2.75, 3.05) is 18.8 Å². The maximum Gasteiger partial charge on any atom is 0.410 e. The molecule has 134 valence electrons. The third-order valence-electron chi connectivity index (χ3n) is 3.66. The van der Waals surface area contributed by atoms with Gasteiger partial charge in [0, 0.05) is 24.5 Å². The number of amides is 1. The minimum absolute atomic E-state index is 0.271. The molecular formula is C16H24ClN3O3S. The lowest BCUT2D eigenvalue weighted by molar-refractivity contribution is 0.0191. The van der Waals surface area contributed by atoms with Gasteiger partial charge in [0.15, 0.2) is 0 Å². The molecule has 0 aliphatic carbocycles. The summed E-state index contributed by atoms with van der Waals surface area (Å²) in [5, 5.41) is 0.597. The smallest absolute Gasteiger partial charge is 0.410 e. The molecule has 1 saturated heterocycles. The maximum absolute atomic E-state index is 12.4. The Morgan fingerprint density at radius 3 is 2.54 bits per heavy atom. The van der Waals surface area contributed by atoms with Gasteiger partial charge in [0.1, 0.15) is 10.8 Å². The van der Waals surface area contributed by atoms with E-state index in [1.807, 2.05) is 20.8 Å². The van der Waals surface area contributed by atoms with Crippen molar-refractivity contribution in [3.8, 4) is 0 Å². The highest BCUT2D eigenvalue weighted by Crippen LogP contribution is 2.22. The van der Waals surface area contributed by atoms with E-state index >= 15 is 0 Å². The predicted octanol–water partition coefficient (Wildman–Crippen LogP) is 3.19. The molecule has 0 N–H and O–H groups in total. The third-order valence-corrected chi connectivity index (χ3v) is 5.22. The van der Waals surface area contributed by atoms with Gasteiger partial charge in [-0.15, -0.1) is 0 Å². The monoisotopic (exact) mass is 373 g/mol. The summed E-state index contributed by atoms with van der Waals surface area (Å²) >= 11 is 5.90. The van der Waals surface area contributed by atoms with Crippen LogP contribution in [0.5, 0.6) is 0 Å². The van der Waals surface area contributed by atoms with Gasteiger partial charge in [-0.05, 0) is 52.5 Å². The Bertz CT molecular complexity index is 605. The van der Waals surface area contributed by atoms with Crippen molar-refractivity contribution in [2.24, 2.45) is 5.92 Å². The van der Waals surface area contributed by atoms with Gasteiger partial charge in [-0.2, -0.15) is 0 Å². The van der Waals surface area contributed by atoms with E-state index in [1.54, 1.807) is 17.9 Å². The minimum atomic E-state index is -1.28. The summed E-state index contributed by atoms with van der Waals surface area (Å²) in [6, 6.07) is 1.64. The van der Waals surface area contributed by atoms with Crippen LogP contribution in [-0.4, -0.2) is 49.6 Å². The largest absolute Gasteiger partial charge is 0.444 e. The fourth-order valence-corrected chi connectivity index (χ4v) is 4.15. The second-order valence-corrected chi connectivity index (χ2v) is 8.81. The van der Waals surface area contributed by atoms with Crippen molar-refractivity contribution in [2.45, 2.75) is 51.3 Å². The van der Waals surface area contributed by atoms with Gasteiger partial charge < -0.3 is 9.64 Å². The van der Waals surface area contributed by atoms with Crippen LogP contribution in [0.2, 0.25) is 5.15 Å². The molecule has 0 bridgehead atoms. The van der Waals surface area contributed by atoms with Crippen molar-refractivity contribution in [1.82, 2.24) is 14.9 Å². The van der Waals surface area contributed by atoms with Crippen molar-refractivity contribution in [1.29, 1.82) is 0 Å². The lowest BCUT2D eigenvalue weighted by Crippen LogP contribution is -2.42. The molecule has 2 heterocycles. The molecule has 1 aliphatic heterocycles. The molecule has 1 fully saturated rings. The molecular weight excluding hydrogens is 350 g/mol. The van der Waals surface area contributed by atoms with Gasteiger partial charge in [-0.25, -0.2) is 14.8 Å². The summed E-state index contributed by atoms with van der Waals surface area (Å²) in [5.41, 5.74) is 0.218. The van der Waals surface area contributed by atoms with E-state index in [0.717, 1.165) is 12.8 Å². The van der Waals surface area contributed by atoms with Gasteiger partial charge in [0.25, 0.3) is 0 Å². The lowest BCUT2D eigenvalue weighted by atomic mass is 9.99. The Kier molecular flexibility index (Phi) is 6.20. The number of rotatable bonds is 3. The van der Waals surface area contributed by atoms with Crippen LogP contribution in [0.15, 0.2) is 11.2 Å². The van der Waals surface area contributed by atoms with E-state index in [2.05, 4.69) is 9.97 Å². The average molecular weight is 374 g/mol. The summed E-state index contributed by atoms with van der Waals surface area (Å²) in [6.07, 6.45) is 1.31. The number of nitrogens with zero attached hydrogens (tertiary/aromatic N) is 3. The van der Waals surface area contributed by atoms with E-state index < -0.39 is 16.4 Å². The fraction of sp³-hybridized carbons (Fsp3) is 0.688. The fourth-order valence-electron chi connectivity index (χ4n) is 2.50. The number of hydrogen-bond acceptors (Lipinski definition) is 5. The predicted molar refractivity (Wildman–Crippen MR) is 93.6 cm³/mol. The van der Waals surface area contributed by atoms with Crippen LogP contribution in [0.1, 0.15) is 39.3 Å². The number of likely N-dealkylation sites (tertiary alicyclic amines) is 1. The van der Waals surface area contributed by atoms with E-state index in [0.29, 0.717) is 29.7 Å². The first-order chi connectivity index (χ1) is 11.1. The maximum atomic E-state index is 12.4. The topological polar surface area (TPSA) is 72.4 Å². The summed E-state index contributed by atoms with van der Waals surface area (Å²) in [5.74, 6) is 0.759. The van der Waals surface area contributed by atoms with Crippen molar-refractivity contribution < 1.29 is 13.7 Å². The number of ether oxygens (including phenoxy) is 1. The van der Waals surface area contributed by atoms with Crippen LogP contribution >= 0.6 is 11.6 Å². The number of carbonyl (C=O) groups is 1. The number of aryl methyl sites for hydroxylation is 1. The minimum Gasteiger partial charge on any atom is -0.444 e. The first-order valence-electron chi connectivity index (χ1n) is 8.01. The number of hydrogen-bond donors (Lipinski definition) is 0. The van der Waals surface area contributed by atoms with Crippen LogP contribution in [0, 0.1) is 12.8 Å². The molecule has 6 nitrogen and oxygen atoms in total. The molecule has 0 aromatic carbocycles. The van der Waals surface area contributed by atoms with Crippen LogP contribution in [0.3, 0.4) is 0 Å². The van der Waals surface area contributed by atoms with E-state index in [1.165, 1.54) is 0 Å². The standard InChI is InChI=1S/C16H24ClN3O3S/c1-11-9-13(17)19-14(18-11)24(22)10-12-5-7-20(8-6-12)15(21)23-16(2,3)4/h9,12H,5-8,10H2,1-4H3. The molecule has 1 atom stereocenters. The Labute approximate surface area is 150 Å². The number of halogens is 1. The lowest BCUT2D eigenvalue weighted by Gasteiger charge is -2.33. The van der Waals surface area contributed by atoms with Crippen LogP contribution in [0.4, 0.5) is 4.79 Å². The average Bonchev–Trinajstić information content (AvgIpc) is 2.45. The van der Waals surface area contributed by atoms with Gasteiger partial charge in [0.05, 0.1) is 10.8 Å². The van der Waals surface area contributed by atoms with Crippen molar-refractivity contribution in [3.63, 3.8) is 0 Å².